The molecule has 8 rings (SSSR count). The van der Waals surface area contributed by atoms with Crippen LogP contribution in [-0.4, -0.2) is 55.4 Å². The number of rotatable bonds is 10. The van der Waals surface area contributed by atoms with Gasteiger partial charge in [-0.1, -0.05) is 63.4 Å². The van der Waals surface area contributed by atoms with E-state index in [1.54, 1.807) is 24.3 Å². The van der Waals surface area contributed by atoms with E-state index in [1.807, 2.05) is 67.0 Å². The standard InChI is InChI=1S/C20H17NO3S.C19H15NO3S.2CH4.Li.2H2O.4H2S/c1-24-20(23)14-6-4-13(5-7-14)16-10-17(16)18(22)8-12-2-3-15-11-21-25-19(15)9-12;21-17(7-11-1-2-14-10-20-24-18(14)8-11)16-9-15(16)12-3-5-13(6-4-12)19(22)23;;;;;;;;;/h2-7,9,11,16-17H,8,10H2,1H3;1-6,8,10,15-16H,7,9H2,(H,22,23);2*1H4;;6*1H2/q;;;;+1;;;;;;/p-2/t16?,17-;15?,16-;;;;;;;;;/m00........./s1. The normalized spacial score (nSPS) is 16.2. The summed E-state index contributed by atoms with van der Waals surface area (Å²) < 4.78 is 15.3. The van der Waals surface area contributed by atoms with Crippen molar-refractivity contribution in [1.82, 2.24) is 8.75 Å². The Kier molecular flexibility index (Phi) is 26.7. The molecule has 310 valence electrons. The van der Waals surface area contributed by atoms with Gasteiger partial charge in [-0.25, -0.2) is 9.59 Å². The first kappa shape index (κ1) is 59.2. The molecule has 2 aromatic heterocycles. The summed E-state index contributed by atoms with van der Waals surface area (Å²) in [5.41, 5.74) is 5.06. The number of ether oxygens (including phenoxy) is 1. The molecule has 0 bridgehead atoms. The average molecular weight is 898 g/mol. The molecule has 2 saturated carbocycles. The summed E-state index contributed by atoms with van der Waals surface area (Å²) in [4.78, 5) is 47.4. The maximum absolute atomic E-state index is 12.6. The molecule has 3 N–H and O–H groups in total. The molecule has 2 heterocycles. The summed E-state index contributed by atoms with van der Waals surface area (Å²) in [6, 6.07) is 26.4. The van der Waals surface area contributed by atoms with Gasteiger partial charge in [-0.15, -0.1) is 0 Å². The molecule has 0 spiro atoms. The monoisotopic (exact) mass is 897 g/mol. The number of methoxy groups -OCH3 is 1. The van der Waals surface area contributed by atoms with E-state index in [1.165, 1.54) is 30.2 Å². The van der Waals surface area contributed by atoms with Crippen molar-refractivity contribution < 1.29 is 58.8 Å². The van der Waals surface area contributed by atoms with Gasteiger partial charge in [0.25, 0.3) is 0 Å². The number of Topliss-reactive ketones (excluding diaryl/α,β-unsaturated/α-hetero) is 2. The number of ketones is 2. The van der Waals surface area contributed by atoms with Crippen LogP contribution in [0.15, 0.2) is 97.3 Å². The molecular weight excluding hydrogens is 848 g/mol. The molecule has 0 aliphatic heterocycles. The molecule has 58 heavy (non-hydrogen) atoms. The molecule has 2 aliphatic carbocycles. The first-order chi connectivity index (χ1) is 23.8. The second kappa shape index (κ2) is 26.1. The number of aromatic carboxylic acids is 1. The second-order valence-corrected chi connectivity index (χ2v) is 14.3. The smallest absolute Gasteiger partial charge is 0.870 e. The number of carbonyl (C=O) groups excluding carboxylic acids is 3. The third kappa shape index (κ3) is 14.0. The van der Waals surface area contributed by atoms with Crippen LogP contribution in [0.5, 0.6) is 0 Å². The van der Waals surface area contributed by atoms with E-state index in [0.717, 1.165) is 55.3 Å². The Labute approximate surface area is 387 Å². The summed E-state index contributed by atoms with van der Waals surface area (Å²) in [6.07, 6.45) is 6.34. The molecule has 2 aliphatic rings. The van der Waals surface area contributed by atoms with Gasteiger partial charge >= 0.3 is 30.8 Å². The first-order valence-electron chi connectivity index (χ1n) is 16.0. The zero-order valence-corrected chi connectivity index (χ0v) is 36.1. The molecular formula is C41H50LiN2O8S6-. The van der Waals surface area contributed by atoms with Crippen LogP contribution in [0.3, 0.4) is 0 Å². The summed E-state index contributed by atoms with van der Waals surface area (Å²) in [5, 5.41) is 11.2. The summed E-state index contributed by atoms with van der Waals surface area (Å²) in [5.74, 6) is -0.0910. The van der Waals surface area contributed by atoms with Crippen molar-refractivity contribution in [3.05, 3.63) is 131 Å². The zero-order chi connectivity index (χ0) is 34.1. The average Bonchev–Trinajstić information content (AvgIpc) is 4.00. The Morgan fingerprint density at radius 3 is 1.38 bits per heavy atom. The van der Waals surface area contributed by atoms with E-state index in [-0.39, 0.29) is 145 Å². The number of carboxylic acid groups (broad SMARTS) is 1. The van der Waals surface area contributed by atoms with Crippen LogP contribution < -0.4 is 18.9 Å². The third-order valence-electron chi connectivity index (χ3n) is 9.35. The first-order valence-corrected chi connectivity index (χ1v) is 17.6. The summed E-state index contributed by atoms with van der Waals surface area (Å²) in [7, 11) is 1.37. The Bertz CT molecular complexity index is 2220. The van der Waals surface area contributed by atoms with Crippen molar-refractivity contribution in [1.29, 1.82) is 0 Å². The predicted molar refractivity (Wildman–Crippen MR) is 248 cm³/mol. The van der Waals surface area contributed by atoms with Gasteiger partial charge in [0.15, 0.2) is 0 Å². The number of hydrogen-bond acceptors (Lipinski definition) is 11. The van der Waals surface area contributed by atoms with E-state index in [4.69, 9.17) is 9.84 Å². The van der Waals surface area contributed by atoms with Crippen LogP contribution in [0.4, 0.5) is 0 Å². The number of benzene rings is 4. The molecule has 0 amide bonds. The number of nitrogens with zero attached hydrogens (tertiary/aromatic N) is 2. The third-order valence-corrected chi connectivity index (χ3v) is 10.9. The summed E-state index contributed by atoms with van der Waals surface area (Å²) >= 11 is 2.90. The molecule has 2 unspecified atom stereocenters. The molecule has 17 heteroatoms. The Morgan fingerprint density at radius 1 is 0.638 bits per heavy atom. The molecule has 4 atom stereocenters. The molecule has 6 aromatic rings. The van der Waals surface area contributed by atoms with Crippen molar-refractivity contribution in [3.8, 4) is 0 Å². The molecule has 4 aromatic carbocycles. The van der Waals surface area contributed by atoms with Gasteiger partial charge in [0.05, 0.1) is 27.6 Å². The number of carbonyl (C=O) groups is 4. The Hall–Kier alpha value is -3.14. The topological polar surface area (TPSA) is 184 Å². The van der Waals surface area contributed by atoms with Gasteiger partial charge < -0.3 is 20.8 Å². The van der Waals surface area contributed by atoms with Crippen LogP contribution in [-0.2, 0) is 27.2 Å². The minimum absolute atomic E-state index is 0. The van der Waals surface area contributed by atoms with Crippen molar-refractivity contribution >= 4 is 121 Å². The van der Waals surface area contributed by atoms with Crippen LogP contribution in [0.1, 0.15) is 82.5 Å². The molecule has 0 saturated heterocycles. The van der Waals surface area contributed by atoms with Crippen LogP contribution >= 0.6 is 77.0 Å². The Balaban J connectivity index is -0.000000903. The van der Waals surface area contributed by atoms with Crippen molar-refractivity contribution in [2.75, 3.05) is 7.11 Å². The number of esters is 1. The fraction of sp³-hybridized carbons (Fsp3) is 0.268. The van der Waals surface area contributed by atoms with E-state index in [0.29, 0.717) is 18.4 Å². The van der Waals surface area contributed by atoms with Gasteiger partial charge in [0, 0.05) is 47.8 Å². The predicted octanol–water partition coefficient (Wildman–Crippen LogP) is 6.28. The van der Waals surface area contributed by atoms with Crippen molar-refractivity contribution in [2.24, 2.45) is 11.8 Å². The summed E-state index contributed by atoms with van der Waals surface area (Å²) in [6.45, 7) is 0. The minimum Gasteiger partial charge on any atom is -0.870 e. The van der Waals surface area contributed by atoms with Crippen LogP contribution in [0.2, 0.25) is 0 Å². The maximum Gasteiger partial charge on any atom is 1.00 e. The molecule has 10 nitrogen and oxygen atoms in total. The van der Waals surface area contributed by atoms with Gasteiger partial charge in [0.2, 0.25) is 0 Å². The van der Waals surface area contributed by atoms with E-state index in [9.17, 15) is 19.2 Å². The molecule has 2 fully saturated rings. The molecule has 0 radical (unpaired) electrons. The van der Waals surface area contributed by atoms with E-state index >= 15 is 0 Å². The SMILES string of the molecule is C.C.COC(=O)c1ccc(C2C[C@@H]2C(=O)Cc2ccc3cnsc3c2)cc1.O=C(O)c1ccc(C2C[C@@H]2C(=O)Cc2ccc3cnsc3c2)cc1.S.S.S.S.[Li+].[OH-].[OH-]. The number of carboxylic acids is 1. The largest absolute Gasteiger partial charge is 1.00 e. The zero-order valence-electron chi connectivity index (χ0n) is 30.5. The second-order valence-electron chi connectivity index (χ2n) is 12.6. The van der Waals surface area contributed by atoms with Crippen molar-refractivity contribution in [2.45, 2.75) is 52.4 Å². The van der Waals surface area contributed by atoms with Crippen molar-refractivity contribution in [3.63, 3.8) is 0 Å². The van der Waals surface area contributed by atoms with Gasteiger partial charge in [0.1, 0.15) is 11.6 Å². The van der Waals surface area contributed by atoms with Crippen LogP contribution in [0, 0.1) is 11.8 Å². The van der Waals surface area contributed by atoms with Crippen LogP contribution in [0.25, 0.3) is 20.2 Å². The van der Waals surface area contributed by atoms with Gasteiger partial charge in [-0.05, 0) is 106 Å². The van der Waals surface area contributed by atoms with E-state index < -0.39 is 5.97 Å². The van der Waals surface area contributed by atoms with Gasteiger partial charge in [-0.2, -0.15) is 62.7 Å². The number of hydrogen-bond donors (Lipinski definition) is 1. The fourth-order valence-corrected chi connectivity index (χ4v) is 7.81. The Morgan fingerprint density at radius 2 is 1.02 bits per heavy atom. The van der Waals surface area contributed by atoms with E-state index in [2.05, 4.69) is 14.8 Å². The minimum atomic E-state index is -0.927. The fourth-order valence-electron chi connectivity index (χ4n) is 6.39. The number of aromatic nitrogens is 2. The quantitative estimate of drug-likeness (QED) is 0.121. The number of fused-ring (bicyclic) bond motifs is 2. The maximum atomic E-state index is 12.6. The van der Waals surface area contributed by atoms with Gasteiger partial charge in [-0.3, -0.25) is 9.59 Å².